The van der Waals surface area contributed by atoms with Gasteiger partial charge in [-0.3, -0.25) is 4.79 Å². The van der Waals surface area contributed by atoms with Crippen molar-refractivity contribution in [1.82, 2.24) is 20.0 Å². The summed E-state index contributed by atoms with van der Waals surface area (Å²) >= 11 is 0. The van der Waals surface area contributed by atoms with Gasteiger partial charge in [-0.15, -0.1) is 0 Å². The fraction of sp³-hybridized carbons (Fsp3) is 0.500. The lowest BCUT2D eigenvalue weighted by Crippen LogP contribution is -2.52. The van der Waals surface area contributed by atoms with Crippen molar-refractivity contribution < 1.29 is 9.32 Å². The number of piperazine rings is 1. The zero-order valence-corrected chi connectivity index (χ0v) is 19.0. The number of amides is 1. The molecule has 0 radical (unpaired) electrons. The molecule has 1 amide bonds. The minimum Gasteiger partial charge on any atom is -0.368 e. The molecule has 2 aliphatic rings. The first-order valence-electron chi connectivity index (χ1n) is 11.4. The zero-order valence-electron chi connectivity index (χ0n) is 19.0. The number of piperidine rings is 1. The average Bonchev–Trinajstić information content (AvgIpc) is 3.21. The molecule has 3 aromatic rings. The maximum atomic E-state index is 13.4. The third kappa shape index (κ3) is 3.78. The number of anilines is 2. The molecule has 0 N–H and O–H groups in total. The van der Waals surface area contributed by atoms with Crippen LogP contribution in [0.4, 0.5) is 11.5 Å². The molecule has 1 aromatic carbocycles. The summed E-state index contributed by atoms with van der Waals surface area (Å²) < 4.78 is 5.30. The topological polar surface area (TPSA) is 78.6 Å². The fourth-order valence-corrected chi connectivity index (χ4v) is 5.00. The van der Waals surface area contributed by atoms with Gasteiger partial charge in [-0.1, -0.05) is 17.3 Å². The van der Waals surface area contributed by atoms with Gasteiger partial charge in [0.05, 0.1) is 11.6 Å². The molecule has 1 unspecified atom stereocenters. The van der Waals surface area contributed by atoms with E-state index < -0.39 is 0 Å². The van der Waals surface area contributed by atoms with Gasteiger partial charge in [0.2, 0.25) is 5.91 Å². The lowest BCUT2D eigenvalue weighted by molar-refractivity contribution is -0.136. The highest BCUT2D eigenvalue weighted by Gasteiger charge is 2.32. The molecule has 8 heteroatoms. The summed E-state index contributed by atoms with van der Waals surface area (Å²) in [5.74, 6) is 1.08. The third-order valence-electron chi connectivity index (χ3n) is 6.79. The van der Waals surface area contributed by atoms with Crippen LogP contribution in [0.15, 0.2) is 29.0 Å². The molecular formula is C24H30N6O2. The Balaban J connectivity index is 1.26. The minimum absolute atomic E-state index is 0.0128. The van der Waals surface area contributed by atoms with Gasteiger partial charge in [0, 0.05) is 45.0 Å². The molecular weight excluding hydrogens is 404 g/mol. The van der Waals surface area contributed by atoms with Gasteiger partial charge >= 0.3 is 0 Å². The lowest BCUT2D eigenvalue weighted by atomic mass is 9.96. The lowest BCUT2D eigenvalue weighted by Gasteiger charge is -2.40. The maximum absolute atomic E-state index is 13.4. The third-order valence-corrected chi connectivity index (χ3v) is 6.79. The molecule has 4 heterocycles. The van der Waals surface area contributed by atoms with Gasteiger partial charge < -0.3 is 19.2 Å². The number of aromatic nitrogens is 3. The van der Waals surface area contributed by atoms with Crippen LogP contribution < -0.4 is 9.80 Å². The number of rotatable bonds is 3. The van der Waals surface area contributed by atoms with Crippen LogP contribution in [0, 0.1) is 26.7 Å². The van der Waals surface area contributed by atoms with E-state index in [1.165, 1.54) is 23.1 Å². The predicted molar refractivity (Wildman–Crippen MR) is 124 cm³/mol. The molecule has 0 aliphatic carbocycles. The van der Waals surface area contributed by atoms with E-state index in [9.17, 15) is 4.79 Å². The molecule has 32 heavy (non-hydrogen) atoms. The highest BCUT2D eigenvalue weighted by atomic mass is 16.5. The Morgan fingerprint density at radius 2 is 1.84 bits per heavy atom. The van der Waals surface area contributed by atoms with Gasteiger partial charge in [-0.2, -0.15) is 4.98 Å². The van der Waals surface area contributed by atoms with Gasteiger partial charge in [-0.05, 0) is 50.8 Å². The second kappa shape index (κ2) is 8.41. The minimum atomic E-state index is -0.0128. The average molecular weight is 435 g/mol. The molecule has 0 spiro atoms. The second-order valence-electron chi connectivity index (χ2n) is 9.03. The van der Waals surface area contributed by atoms with Gasteiger partial charge in [-0.25, -0.2) is 4.98 Å². The molecule has 2 aromatic heterocycles. The summed E-state index contributed by atoms with van der Waals surface area (Å²) in [7, 11) is 0. The molecule has 5 rings (SSSR count). The monoisotopic (exact) mass is 434 g/mol. The van der Waals surface area contributed by atoms with E-state index in [-0.39, 0.29) is 11.8 Å². The quantitative estimate of drug-likeness (QED) is 0.627. The highest BCUT2D eigenvalue weighted by molar-refractivity contribution is 5.88. The first kappa shape index (κ1) is 20.7. The maximum Gasteiger partial charge on any atom is 0.263 e. The van der Waals surface area contributed by atoms with Crippen molar-refractivity contribution in [3.8, 4) is 0 Å². The van der Waals surface area contributed by atoms with Crippen molar-refractivity contribution in [3.05, 3.63) is 41.3 Å². The molecule has 2 fully saturated rings. The Labute approximate surface area is 188 Å². The van der Waals surface area contributed by atoms with E-state index in [1.54, 1.807) is 0 Å². The summed E-state index contributed by atoms with van der Waals surface area (Å²) in [6.07, 6.45) is 3.40. The number of aryl methyl sites for hydroxylation is 3. The van der Waals surface area contributed by atoms with E-state index >= 15 is 0 Å². The smallest absolute Gasteiger partial charge is 0.263 e. The number of hydrogen-bond acceptors (Lipinski definition) is 7. The van der Waals surface area contributed by atoms with Crippen LogP contribution in [-0.2, 0) is 4.79 Å². The fourth-order valence-electron chi connectivity index (χ4n) is 5.00. The van der Waals surface area contributed by atoms with Crippen molar-refractivity contribution in [1.29, 1.82) is 0 Å². The van der Waals surface area contributed by atoms with E-state index in [0.29, 0.717) is 12.3 Å². The molecule has 2 aliphatic heterocycles. The van der Waals surface area contributed by atoms with Crippen molar-refractivity contribution in [2.24, 2.45) is 5.92 Å². The number of hydrogen-bond donors (Lipinski definition) is 0. The van der Waals surface area contributed by atoms with E-state index in [1.807, 2.05) is 6.92 Å². The SMILES string of the molecule is Cc1ccc(C)c(N2CCN(C(=O)C3CCCN(c4ncnc5onc(C)c45)C3)CC2)c1. The Kier molecular flexibility index (Phi) is 5.45. The Morgan fingerprint density at radius 3 is 2.66 bits per heavy atom. The number of carbonyl (C=O) groups excluding carboxylic acids is 1. The van der Waals surface area contributed by atoms with Crippen LogP contribution in [0.5, 0.6) is 0 Å². The molecule has 1 atom stereocenters. The largest absolute Gasteiger partial charge is 0.368 e. The summed E-state index contributed by atoms with van der Waals surface area (Å²) in [6, 6.07) is 6.58. The van der Waals surface area contributed by atoms with Crippen molar-refractivity contribution in [2.45, 2.75) is 33.6 Å². The Bertz CT molecular complexity index is 1130. The van der Waals surface area contributed by atoms with Crippen LogP contribution >= 0.6 is 0 Å². The summed E-state index contributed by atoms with van der Waals surface area (Å²) in [5.41, 5.74) is 5.14. The van der Waals surface area contributed by atoms with Crippen LogP contribution in [0.25, 0.3) is 11.1 Å². The van der Waals surface area contributed by atoms with Gasteiger partial charge in [0.1, 0.15) is 17.5 Å². The number of fused-ring (bicyclic) bond motifs is 1. The summed E-state index contributed by atoms with van der Waals surface area (Å²) in [6.45, 7) is 11.0. The molecule has 2 saturated heterocycles. The summed E-state index contributed by atoms with van der Waals surface area (Å²) in [4.78, 5) is 28.7. The highest BCUT2D eigenvalue weighted by Crippen LogP contribution is 2.30. The normalized spacial score (nSPS) is 19.6. The van der Waals surface area contributed by atoms with E-state index in [0.717, 1.165) is 62.5 Å². The van der Waals surface area contributed by atoms with E-state index in [4.69, 9.17) is 4.52 Å². The van der Waals surface area contributed by atoms with Crippen LogP contribution in [-0.4, -0.2) is 65.2 Å². The molecule has 0 bridgehead atoms. The van der Waals surface area contributed by atoms with E-state index in [2.05, 4.69) is 61.9 Å². The summed E-state index contributed by atoms with van der Waals surface area (Å²) in [5, 5.41) is 4.89. The molecule has 8 nitrogen and oxygen atoms in total. The van der Waals surface area contributed by atoms with Crippen molar-refractivity contribution in [3.63, 3.8) is 0 Å². The van der Waals surface area contributed by atoms with Crippen molar-refractivity contribution >= 4 is 28.5 Å². The molecule has 168 valence electrons. The zero-order chi connectivity index (χ0) is 22.2. The standard InChI is InChI=1S/C24H30N6O2/c1-16-6-7-17(2)20(13-16)28-9-11-29(12-10-28)24(31)19-5-4-8-30(14-19)22-21-18(3)27-32-23(21)26-15-25-22/h6-7,13,15,19H,4-5,8-12,14H2,1-3H3. The predicted octanol–water partition coefficient (Wildman–Crippen LogP) is 3.11. The Hall–Kier alpha value is -3.16. The van der Waals surface area contributed by atoms with Gasteiger partial charge in [0.25, 0.3) is 5.71 Å². The first-order chi connectivity index (χ1) is 15.5. The second-order valence-corrected chi connectivity index (χ2v) is 9.03. The van der Waals surface area contributed by atoms with Crippen LogP contribution in [0.3, 0.4) is 0 Å². The van der Waals surface area contributed by atoms with Crippen molar-refractivity contribution in [2.75, 3.05) is 49.1 Å². The van der Waals surface area contributed by atoms with Crippen LogP contribution in [0.2, 0.25) is 0 Å². The van der Waals surface area contributed by atoms with Gasteiger partial charge in [0.15, 0.2) is 0 Å². The Morgan fingerprint density at radius 1 is 1.03 bits per heavy atom. The first-order valence-corrected chi connectivity index (χ1v) is 11.4. The molecule has 0 saturated carbocycles. The van der Waals surface area contributed by atoms with Crippen LogP contribution in [0.1, 0.15) is 29.7 Å². The number of nitrogens with zero attached hydrogens (tertiary/aromatic N) is 6. The number of carbonyl (C=O) groups is 1. The number of benzene rings is 1.